The lowest BCUT2D eigenvalue weighted by Crippen LogP contribution is -2.04. The number of aromatic nitrogens is 5. The van der Waals surface area contributed by atoms with Crippen molar-refractivity contribution in [3.05, 3.63) is 74.3 Å². The van der Waals surface area contributed by atoms with Crippen LogP contribution in [0, 0.1) is 17.0 Å². The molecule has 2 aromatic heterocycles. The van der Waals surface area contributed by atoms with Gasteiger partial charge in [0.2, 0.25) is 11.7 Å². The minimum atomic E-state index is -0.469. The molecule has 11 heteroatoms. The number of nitro benzene ring substituents is 1. The molecule has 0 saturated heterocycles. The van der Waals surface area contributed by atoms with Gasteiger partial charge in [-0.25, -0.2) is 9.67 Å². The van der Waals surface area contributed by atoms with Gasteiger partial charge in [-0.05, 0) is 37.3 Å². The molecule has 0 fully saturated rings. The molecule has 4 rings (SSSR count). The Bertz CT molecular complexity index is 1200. The molecule has 0 unspecified atom stereocenters. The van der Waals surface area contributed by atoms with Crippen LogP contribution in [0.1, 0.15) is 11.7 Å². The summed E-state index contributed by atoms with van der Waals surface area (Å²) in [7, 11) is 0. The van der Waals surface area contributed by atoms with Crippen molar-refractivity contribution in [2.45, 2.75) is 13.5 Å². The highest BCUT2D eigenvalue weighted by molar-refractivity contribution is 6.42. The molecular weight excluding hydrogens is 419 g/mol. The zero-order chi connectivity index (χ0) is 20.5. The molecule has 2 aromatic carbocycles. The molecule has 0 radical (unpaired) electrons. The Kier molecular flexibility index (Phi) is 4.99. The van der Waals surface area contributed by atoms with Gasteiger partial charge in [-0.1, -0.05) is 28.4 Å². The van der Waals surface area contributed by atoms with E-state index < -0.39 is 4.92 Å². The molecule has 0 aliphatic carbocycles. The molecule has 4 aromatic rings. The second-order valence-electron chi connectivity index (χ2n) is 6.08. The number of nitro groups is 1. The maximum atomic E-state index is 10.8. The third-order valence-electron chi connectivity index (χ3n) is 4.04. The highest BCUT2D eigenvalue weighted by Crippen LogP contribution is 2.28. The van der Waals surface area contributed by atoms with E-state index in [9.17, 15) is 10.1 Å². The van der Waals surface area contributed by atoms with Gasteiger partial charge in [0.15, 0.2) is 5.82 Å². The lowest BCUT2D eigenvalue weighted by Gasteiger charge is -2.04. The Morgan fingerprint density at radius 2 is 1.79 bits per heavy atom. The molecule has 0 atom stereocenters. The molecule has 2 heterocycles. The first-order valence-electron chi connectivity index (χ1n) is 8.35. The Morgan fingerprint density at radius 3 is 2.48 bits per heavy atom. The molecule has 0 amide bonds. The van der Waals surface area contributed by atoms with Gasteiger partial charge in [-0.2, -0.15) is 10.1 Å². The fourth-order valence-corrected chi connectivity index (χ4v) is 3.01. The van der Waals surface area contributed by atoms with Crippen LogP contribution in [-0.2, 0) is 6.54 Å². The van der Waals surface area contributed by atoms with E-state index in [-0.39, 0.29) is 12.2 Å². The van der Waals surface area contributed by atoms with E-state index >= 15 is 0 Å². The lowest BCUT2D eigenvalue weighted by atomic mass is 10.2. The van der Waals surface area contributed by atoms with Gasteiger partial charge < -0.3 is 4.52 Å². The highest BCUT2D eigenvalue weighted by atomic mass is 35.5. The van der Waals surface area contributed by atoms with Crippen LogP contribution >= 0.6 is 23.2 Å². The molecule has 0 bridgehead atoms. The highest BCUT2D eigenvalue weighted by Gasteiger charge is 2.16. The van der Waals surface area contributed by atoms with Gasteiger partial charge in [0.05, 0.1) is 15.0 Å². The van der Waals surface area contributed by atoms with Crippen molar-refractivity contribution in [2.75, 3.05) is 0 Å². The Labute approximate surface area is 174 Å². The molecule has 0 aliphatic heterocycles. The number of aryl methyl sites for hydroxylation is 1. The van der Waals surface area contributed by atoms with Crippen molar-refractivity contribution in [1.29, 1.82) is 0 Å². The average Bonchev–Trinajstić information content (AvgIpc) is 3.31. The SMILES string of the molecule is Cc1nc(-c2ccc(Cl)c(Cl)c2)n(Cc2nc(-c3ccc([N+](=O)[O-])cc3)no2)n1. The van der Waals surface area contributed by atoms with E-state index in [0.29, 0.717) is 39.0 Å². The first-order valence-corrected chi connectivity index (χ1v) is 9.10. The van der Waals surface area contributed by atoms with Crippen molar-refractivity contribution < 1.29 is 9.45 Å². The van der Waals surface area contributed by atoms with Crippen molar-refractivity contribution >= 4 is 28.9 Å². The van der Waals surface area contributed by atoms with Crippen LogP contribution < -0.4 is 0 Å². The zero-order valence-electron chi connectivity index (χ0n) is 14.9. The number of halogens is 2. The average molecular weight is 431 g/mol. The maximum absolute atomic E-state index is 10.8. The summed E-state index contributed by atoms with van der Waals surface area (Å²) < 4.78 is 6.94. The monoisotopic (exact) mass is 430 g/mol. The number of benzene rings is 2. The molecule has 9 nitrogen and oxygen atoms in total. The van der Waals surface area contributed by atoms with Crippen LogP contribution in [0.15, 0.2) is 47.0 Å². The van der Waals surface area contributed by atoms with E-state index in [1.165, 1.54) is 12.1 Å². The van der Waals surface area contributed by atoms with E-state index in [1.54, 1.807) is 41.9 Å². The summed E-state index contributed by atoms with van der Waals surface area (Å²) >= 11 is 12.1. The quantitative estimate of drug-likeness (QED) is 0.336. The molecule has 146 valence electrons. The van der Waals surface area contributed by atoms with Crippen LogP contribution in [0.2, 0.25) is 10.0 Å². The summed E-state index contributed by atoms with van der Waals surface area (Å²) in [6.07, 6.45) is 0. The number of non-ortho nitro benzene ring substituents is 1. The van der Waals surface area contributed by atoms with Crippen LogP contribution in [-0.4, -0.2) is 29.8 Å². The normalized spacial score (nSPS) is 11.0. The van der Waals surface area contributed by atoms with Crippen LogP contribution in [0.5, 0.6) is 0 Å². The number of hydrogen-bond donors (Lipinski definition) is 0. The first-order chi connectivity index (χ1) is 13.9. The predicted octanol–water partition coefficient (Wildman–Crippen LogP) is 4.57. The standard InChI is InChI=1S/C18H12Cl2N6O3/c1-10-21-18(12-4-7-14(19)15(20)8-12)25(23-10)9-16-22-17(24-29-16)11-2-5-13(6-3-11)26(27)28/h2-8H,9H2,1H3. The number of nitrogens with zero attached hydrogens (tertiary/aromatic N) is 6. The van der Waals surface area contributed by atoms with Crippen molar-refractivity contribution in [3.8, 4) is 22.8 Å². The van der Waals surface area contributed by atoms with Crippen LogP contribution in [0.3, 0.4) is 0 Å². The molecule has 0 saturated carbocycles. The molecular formula is C18H12Cl2N6O3. The molecule has 0 aliphatic rings. The van der Waals surface area contributed by atoms with Gasteiger partial charge in [0, 0.05) is 23.3 Å². The van der Waals surface area contributed by atoms with E-state index in [1.807, 2.05) is 0 Å². The van der Waals surface area contributed by atoms with Crippen molar-refractivity contribution in [3.63, 3.8) is 0 Å². The third kappa shape index (κ3) is 3.96. The summed E-state index contributed by atoms with van der Waals surface area (Å²) in [5.41, 5.74) is 1.34. The molecule has 0 spiro atoms. The van der Waals surface area contributed by atoms with Gasteiger partial charge in [0.25, 0.3) is 5.69 Å². The second-order valence-corrected chi connectivity index (χ2v) is 6.90. The summed E-state index contributed by atoms with van der Waals surface area (Å²) in [6, 6.07) is 11.1. The van der Waals surface area contributed by atoms with E-state index in [0.717, 1.165) is 5.56 Å². The molecule has 0 N–H and O–H groups in total. The second kappa shape index (κ2) is 7.61. The fraction of sp³-hybridized carbons (Fsp3) is 0.111. The minimum absolute atomic E-state index is 0.0122. The topological polar surface area (TPSA) is 113 Å². The Balaban J connectivity index is 1.61. The zero-order valence-corrected chi connectivity index (χ0v) is 16.4. The summed E-state index contributed by atoms with van der Waals surface area (Å²) in [4.78, 5) is 19.1. The largest absolute Gasteiger partial charge is 0.337 e. The van der Waals surface area contributed by atoms with Gasteiger partial charge in [-0.15, -0.1) is 0 Å². The molecule has 29 heavy (non-hydrogen) atoms. The van der Waals surface area contributed by atoms with E-state index in [2.05, 4.69) is 20.2 Å². The smallest absolute Gasteiger partial charge is 0.269 e. The lowest BCUT2D eigenvalue weighted by molar-refractivity contribution is -0.384. The van der Waals surface area contributed by atoms with Gasteiger partial charge in [-0.3, -0.25) is 10.1 Å². The van der Waals surface area contributed by atoms with Crippen molar-refractivity contribution in [2.24, 2.45) is 0 Å². The Hall–Kier alpha value is -3.30. The Morgan fingerprint density at radius 1 is 1.07 bits per heavy atom. The summed E-state index contributed by atoms with van der Waals surface area (Å²) in [5, 5.41) is 19.9. The predicted molar refractivity (Wildman–Crippen MR) is 106 cm³/mol. The fourth-order valence-electron chi connectivity index (χ4n) is 2.71. The first kappa shape index (κ1) is 19.0. The minimum Gasteiger partial charge on any atom is -0.337 e. The van der Waals surface area contributed by atoms with Crippen molar-refractivity contribution in [1.82, 2.24) is 24.9 Å². The summed E-state index contributed by atoms with van der Waals surface area (Å²) in [6.45, 7) is 1.96. The maximum Gasteiger partial charge on any atom is 0.269 e. The third-order valence-corrected chi connectivity index (χ3v) is 4.78. The number of rotatable bonds is 5. The van der Waals surface area contributed by atoms with Crippen LogP contribution in [0.25, 0.3) is 22.8 Å². The van der Waals surface area contributed by atoms with Crippen LogP contribution in [0.4, 0.5) is 5.69 Å². The summed E-state index contributed by atoms with van der Waals surface area (Å²) in [5.74, 6) is 1.78. The van der Waals surface area contributed by atoms with Gasteiger partial charge >= 0.3 is 0 Å². The number of hydrogen-bond acceptors (Lipinski definition) is 7. The van der Waals surface area contributed by atoms with E-state index in [4.69, 9.17) is 27.7 Å². The van der Waals surface area contributed by atoms with Gasteiger partial charge in [0.1, 0.15) is 12.4 Å².